The fourth-order valence-electron chi connectivity index (χ4n) is 0.754. The summed E-state index contributed by atoms with van der Waals surface area (Å²) >= 11 is 5.70. The smallest absolute Gasteiger partial charge is 0.240 e. The summed E-state index contributed by atoms with van der Waals surface area (Å²) in [4.78, 5) is 13.3. The first-order valence-electron chi connectivity index (χ1n) is 3.19. The molecule has 0 radical (unpaired) electrons. The summed E-state index contributed by atoms with van der Waals surface area (Å²) < 4.78 is 4.91. The Balaban J connectivity index is 3.16. The van der Waals surface area contributed by atoms with Crippen molar-refractivity contribution in [3.05, 3.63) is 23.2 Å². The second-order valence-corrected chi connectivity index (χ2v) is 2.43. The highest BCUT2D eigenvalue weighted by Crippen LogP contribution is 2.28. The summed E-state index contributed by atoms with van der Waals surface area (Å²) in [6.45, 7) is 0. The zero-order valence-corrected chi connectivity index (χ0v) is 7.13. The number of nitrogens with zero attached hydrogens (tertiary/aromatic N) is 1. The molecule has 0 aromatic heterocycles. The molecule has 0 saturated heterocycles. The van der Waals surface area contributed by atoms with E-state index in [0.29, 0.717) is 16.5 Å². The van der Waals surface area contributed by atoms with Crippen molar-refractivity contribution in [2.45, 2.75) is 0 Å². The van der Waals surface area contributed by atoms with Crippen molar-refractivity contribution in [3.8, 4) is 5.75 Å². The highest BCUT2D eigenvalue weighted by atomic mass is 35.5. The molecule has 0 aliphatic heterocycles. The van der Waals surface area contributed by atoms with Gasteiger partial charge in [0, 0.05) is 6.07 Å². The Hall–Kier alpha value is -1.31. The highest BCUT2D eigenvalue weighted by molar-refractivity contribution is 6.33. The van der Waals surface area contributed by atoms with Gasteiger partial charge in [0.05, 0.1) is 17.8 Å². The van der Waals surface area contributed by atoms with Crippen molar-refractivity contribution in [1.29, 1.82) is 0 Å². The van der Waals surface area contributed by atoms with Gasteiger partial charge >= 0.3 is 0 Å². The second kappa shape index (κ2) is 3.90. The largest absolute Gasteiger partial charge is 0.497 e. The summed E-state index contributed by atoms with van der Waals surface area (Å²) in [6.07, 6.45) is 1.41. The van der Waals surface area contributed by atoms with Gasteiger partial charge in [-0.1, -0.05) is 11.6 Å². The Labute approximate surface area is 74.6 Å². The van der Waals surface area contributed by atoms with E-state index in [9.17, 15) is 4.79 Å². The third-order valence-corrected chi connectivity index (χ3v) is 1.64. The molecule has 0 bridgehead atoms. The predicted octanol–water partition coefficient (Wildman–Crippen LogP) is 2.32. The van der Waals surface area contributed by atoms with Gasteiger partial charge in [0.15, 0.2) is 0 Å². The zero-order chi connectivity index (χ0) is 8.97. The lowest BCUT2D eigenvalue weighted by Crippen LogP contribution is -1.81. The Morgan fingerprint density at radius 2 is 2.33 bits per heavy atom. The molecule has 0 spiro atoms. The maximum Gasteiger partial charge on any atom is 0.240 e. The molecule has 1 rings (SSSR count). The fourth-order valence-corrected chi connectivity index (χ4v) is 0.914. The molecule has 12 heavy (non-hydrogen) atoms. The molecule has 0 amide bonds. The molecule has 0 unspecified atom stereocenters. The maximum atomic E-state index is 9.93. The minimum absolute atomic E-state index is 0.367. The van der Waals surface area contributed by atoms with Gasteiger partial charge < -0.3 is 4.74 Å². The van der Waals surface area contributed by atoms with Crippen molar-refractivity contribution in [1.82, 2.24) is 0 Å². The van der Waals surface area contributed by atoms with E-state index in [1.165, 1.54) is 13.2 Å². The first kappa shape index (κ1) is 8.78. The Morgan fingerprint density at radius 3 is 2.92 bits per heavy atom. The summed E-state index contributed by atoms with van der Waals surface area (Å²) in [5.41, 5.74) is 0.367. The summed E-state index contributed by atoms with van der Waals surface area (Å²) in [5, 5.41) is 0.402. The van der Waals surface area contributed by atoms with Gasteiger partial charge in [-0.2, -0.15) is 4.99 Å². The van der Waals surface area contributed by atoms with Gasteiger partial charge in [0.25, 0.3) is 0 Å². The maximum absolute atomic E-state index is 9.93. The van der Waals surface area contributed by atoms with Crippen LogP contribution in [0.15, 0.2) is 23.2 Å². The molecule has 4 heteroatoms. The summed E-state index contributed by atoms with van der Waals surface area (Å²) in [7, 11) is 1.53. The molecule has 0 atom stereocenters. The monoisotopic (exact) mass is 183 g/mol. The molecule has 0 aliphatic carbocycles. The lowest BCUT2D eigenvalue weighted by atomic mass is 10.3. The van der Waals surface area contributed by atoms with Crippen LogP contribution in [-0.4, -0.2) is 13.2 Å². The molecule has 0 N–H and O–H groups in total. The van der Waals surface area contributed by atoms with Gasteiger partial charge in [-0.25, -0.2) is 4.79 Å². The minimum atomic E-state index is 0.367. The van der Waals surface area contributed by atoms with Gasteiger partial charge in [0.2, 0.25) is 6.08 Å². The number of rotatable bonds is 2. The van der Waals surface area contributed by atoms with E-state index in [1.807, 2.05) is 0 Å². The standard InChI is InChI=1S/C8H6ClNO2/c1-12-6-2-3-7(9)8(4-6)10-5-11/h2-4H,1H3. The topological polar surface area (TPSA) is 38.7 Å². The quantitative estimate of drug-likeness (QED) is 0.521. The number of benzene rings is 1. The number of carbonyl (C=O) groups excluding carboxylic acids is 1. The van der Waals surface area contributed by atoms with Crippen LogP contribution >= 0.6 is 11.6 Å². The van der Waals surface area contributed by atoms with Crippen molar-refractivity contribution in [2.24, 2.45) is 4.99 Å². The summed E-state index contributed by atoms with van der Waals surface area (Å²) in [5.74, 6) is 0.605. The van der Waals surface area contributed by atoms with E-state index >= 15 is 0 Å². The van der Waals surface area contributed by atoms with Gasteiger partial charge in [0.1, 0.15) is 5.75 Å². The molecule has 0 saturated carbocycles. The van der Waals surface area contributed by atoms with Crippen LogP contribution in [0, 0.1) is 0 Å². The lowest BCUT2D eigenvalue weighted by Gasteiger charge is -2.00. The van der Waals surface area contributed by atoms with Crippen molar-refractivity contribution in [3.63, 3.8) is 0 Å². The molecule has 3 nitrogen and oxygen atoms in total. The number of halogens is 1. The predicted molar refractivity (Wildman–Crippen MR) is 45.8 cm³/mol. The number of methoxy groups -OCH3 is 1. The first-order valence-corrected chi connectivity index (χ1v) is 3.57. The van der Waals surface area contributed by atoms with Crippen LogP contribution in [0.25, 0.3) is 0 Å². The molecule has 0 aliphatic rings. The van der Waals surface area contributed by atoms with Crippen LogP contribution in [0.5, 0.6) is 5.75 Å². The normalized spacial score (nSPS) is 8.83. The number of ether oxygens (including phenoxy) is 1. The zero-order valence-electron chi connectivity index (χ0n) is 6.37. The van der Waals surface area contributed by atoms with Crippen molar-refractivity contribution < 1.29 is 9.53 Å². The van der Waals surface area contributed by atoms with E-state index < -0.39 is 0 Å². The van der Waals surface area contributed by atoms with Gasteiger partial charge in [-0.15, -0.1) is 0 Å². The van der Waals surface area contributed by atoms with E-state index in [2.05, 4.69) is 4.99 Å². The molecule has 62 valence electrons. The fraction of sp³-hybridized carbons (Fsp3) is 0.125. The lowest BCUT2D eigenvalue weighted by molar-refractivity contribution is 0.415. The van der Waals surface area contributed by atoms with E-state index in [4.69, 9.17) is 16.3 Å². The van der Waals surface area contributed by atoms with Crippen LogP contribution in [0.2, 0.25) is 5.02 Å². The number of isocyanates is 1. The SMILES string of the molecule is COc1ccc(Cl)c(N=C=O)c1. The van der Waals surface area contributed by atoms with Crippen LogP contribution < -0.4 is 4.74 Å². The van der Waals surface area contributed by atoms with Crippen LogP contribution in [-0.2, 0) is 4.79 Å². The molecular weight excluding hydrogens is 178 g/mol. The molecule has 0 heterocycles. The molecular formula is C8H6ClNO2. The number of hydrogen-bond acceptors (Lipinski definition) is 3. The van der Waals surface area contributed by atoms with Crippen LogP contribution in [0.1, 0.15) is 0 Å². The average molecular weight is 184 g/mol. The van der Waals surface area contributed by atoms with E-state index in [1.54, 1.807) is 18.2 Å². The molecule has 0 fully saturated rings. The molecule has 1 aromatic rings. The minimum Gasteiger partial charge on any atom is -0.497 e. The third kappa shape index (κ3) is 1.84. The highest BCUT2D eigenvalue weighted by Gasteiger charge is 1.99. The Bertz CT molecular complexity index is 332. The Kier molecular flexibility index (Phi) is 2.86. The van der Waals surface area contributed by atoms with Crippen molar-refractivity contribution in [2.75, 3.05) is 7.11 Å². The van der Waals surface area contributed by atoms with Crippen LogP contribution in [0.3, 0.4) is 0 Å². The van der Waals surface area contributed by atoms with Gasteiger partial charge in [-0.05, 0) is 12.1 Å². The van der Waals surface area contributed by atoms with Gasteiger partial charge in [-0.3, -0.25) is 0 Å². The summed E-state index contributed by atoms with van der Waals surface area (Å²) in [6, 6.07) is 4.86. The van der Waals surface area contributed by atoms with E-state index in [0.717, 1.165) is 0 Å². The Morgan fingerprint density at radius 1 is 1.58 bits per heavy atom. The number of aliphatic imine (C=N–C) groups is 1. The first-order chi connectivity index (χ1) is 5.77. The van der Waals surface area contributed by atoms with E-state index in [-0.39, 0.29) is 0 Å². The molecule has 1 aromatic carbocycles. The second-order valence-electron chi connectivity index (χ2n) is 2.02. The average Bonchev–Trinajstić information content (AvgIpc) is 2.09. The van der Waals surface area contributed by atoms with Crippen LogP contribution in [0.4, 0.5) is 5.69 Å². The third-order valence-electron chi connectivity index (χ3n) is 1.32. The number of hydrogen-bond donors (Lipinski definition) is 0. The van der Waals surface area contributed by atoms with Crippen molar-refractivity contribution >= 4 is 23.4 Å².